The molecule has 4 nitrogen and oxygen atoms in total. The van der Waals surface area contributed by atoms with E-state index in [2.05, 4.69) is 26.0 Å². The standard InChI is InChI=1S/C24H28N2O2S/c1-3-21(19-9-5-4-6-10-19)23(28)25-14-12-24(13-15-25)26(22(27)17-29-24)20-11-7-8-18(2)16-20/h4-11,16,21H,3,12-15,17H2,1-2H3/t21-/m0/s1. The van der Waals surface area contributed by atoms with Crippen LogP contribution in [0.1, 0.15) is 43.2 Å². The first-order valence-corrected chi connectivity index (χ1v) is 11.4. The Morgan fingerprint density at radius 2 is 1.83 bits per heavy atom. The fraction of sp³-hybridized carbons (Fsp3) is 0.417. The summed E-state index contributed by atoms with van der Waals surface area (Å²) in [5.74, 6) is 0.820. The third-order valence-corrected chi connectivity index (χ3v) is 7.67. The van der Waals surface area contributed by atoms with Crippen molar-refractivity contribution in [3.05, 3.63) is 65.7 Å². The second kappa shape index (κ2) is 8.23. The number of amides is 2. The number of likely N-dealkylation sites (tertiary alicyclic amines) is 1. The van der Waals surface area contributed by atoms with Crippen molar-refractivity contribution in [2.45, 2.75) is 43.9 Å². The van der Waals surface area contributed by atoms with Gasteiger partial charge in [0, 0.05) is 18.8 Å². The Bertz CT molecular complexity index is 891. The number of carbonyl (C=O) groups is 2. The molecule has 29 heavy (non-hydrogen) atoms. The largest absolute Gasteiger partial charge is 0.342 e. The summed E-state index contributed by atoms with van der Waals surface area (Å²) in [5.41, 5.74) is 3.23. The summed E-state index contributed by atoms with van der Waals surface area (Å²) in [6.45, 7) is 5.53. The monoisotopic (exact) mass is 408 g/mol. The topological polar surface area (TPSA) is 40.6 Å². The molecule has 2 amide bonds. The number of carbonyl (C=O) groups excluding carboxylic acids is 2. The van der Waals surface area contributed by atoms with Crippen molar-refractivity contribution in [1.29, 1.82) is 0 Å². The number of hydrogen-bond acceptors (Lipinski definition) is 3. The maximum Gasteiger partial charge on any atom is 0.238 e. The molecule has 0 aliphatic carbocycles. The van der Waals surface area contributed by atoms with Crippen LogP contribution in [0.15, 0.2) is 54.6 Å². The number of hydrogen-bond donors (Lipinski definition) is 0. The van der Waals surface area contributed by atoms with Gasteiger partial charge in [0.1, 0.15) is 0 Å². The van der Waals surface area contributed by atoms with Crippen LogP contribution in [0, 0.1) is 6.92 Å². The summed E-state index contributed by atoms with van der Waals surface area (Å²) in [4.78, 5) is 29.8. The van der Waals surface area contributed by atoms with E-state index in [0.717, 1.165) is 36.1 Å². The van der Waals surface area contributed by atoms with Gasteiger partial charge >= 0.3 is 0 Å². The highest BCUT2D eigenvalue weighted by Gasteiger charge is 2.49. The summed E-state index contributed by atoms with van der Waals surface area (Å²) in [6, 6.07) is 18.3. The van der Waals surface area contributed by atoms with Crippen molar-refractivity contribution < 1.29 is 9.59 Å². The predicted octanol–water partition coefficient (Wildman–Crippen LogP) is 4.59. The van der Waals surface area contributed by atoms with Gasteiger partial charge in [-0.2, -0.15) is 0 Å². The Hall–Kier alpha value is -2.27. The van der Waals surface area contributed by atoms with Crippen molar-refractivity contribution in [2.24, 2.45) is 0 Å². The van der Waals surface area contributed by atoms with Crippen LogP contribution < -0.4 is 4.90 Å². The zero-order valence-corrected chi connectivity index (χ0v) is 18.0. The first kappa shape index (κ1) is 20.0. The number of aryl methyl sites for hydroxylation is 1. The second-order valence-electron chi connectivity index (χ2n) is 8.00. The van der Waals surface area contributed by atoms with Gasteiger partial charge in [-0.15, -0.1) is 11.8 Å². The summed E-state index contributed by atoms with van der Waals surface area (Å²) in [7, 11) is 0. The minimum absolute atomic E-state index is 0.0870. The van der Waals surface area contributed by atoms with Gasteiger partial charge in [0.15, 0.2) is 0 Å². The molecule has 2 aromatic carbocycles. The van der Waals surface area contributed by atoms with E-state index in [4.69, 9.17) is 0 Å². The molecule has 1 spiro atoms. The average molecular weight is 409 g/mol. The molecule has 2 fully saturated rings. The van der Waals surface area contributed by atoms with E-state index >= 15 is 0 Å². The van der Waals surface area contributed by atoms with E-state index in [1.165, 1.54) is 0 Å². The van der Waals surface area contributed by atoms with Crippen LogP contribution in [0.25, 0.3) is 0 Å². The molecule has 0 aromatic heterocycles. The lowest BCUT2D eigenvalue weighted by Crippen LogP contribution is -2.53. The first-order chi connectivity index (χ1) is 14.0. The van der Waals surface area contributed by atoms with Crippen molar-refractivity contribution in [1.82, 2.24) is 4.90 Å². The van der Waals surface area contributed by atoms with Crippen molar-refractivity contribution in [2.75, 3.05) is 23.7 Å². The van der Waals surface area contributed by atoms with Gasteiger partial charge in [0.25, 0.3) is 0 Å². The van der Waals surface area contributed by atoms with Crippen LogP contribution in [-0.4, -0.2) is 40.4 Å². The number of benzene rings is 2. The van der Waals surface area contributed by atoms with Gasteiger partial charge in [-0.25, -0.2) is 0 Å². The smallest absolute Gasteiger partial charge is 0.238 e. The Morgan fingerprint density at radius 1 is 1.10 bits per heavy atom. The molecule has 1 atom stereocenters. The minimum atomic E-state index is -0.226. The average Bonchev–Trinajstić information content (AvgIpc) is 3.05. The molecule has 5 heteroatoms. The summed E-state index contributed by atoms with van der Waals surface area (Å²) in [5, 5.41) is 0. The molecule has 0 radical (unpaired) electrons. The summed E-state index contributed by atoms with van der Waals surface area (Å²) < 4.78 is 0. The number of nitrogens with zero attached hydrogens (tertiary/aromatic N) is 2. The molecule has 2 aliphatic heterocycles. The highest BCUT2D eigenvalue weighted by Crippen LogP contribution is 2.47. The molecule has 2 heterocycles. The van der Waals surface area contributed by atoms with Crippen LogP contribution >= 0.6 is 11.8 Å². The molecule has 0 unspecified atom stereocenters. The normalized spacial score (nSPS) is 19.6. The Balaban J connectivity index is 1.50. The molecule has 0 bridgehead atoms. The quantitative estimate of drug-likeness (QED) is 0.743. The minimum Gasteiger partial charge on any atom is -0.342 e. The number of piperidine rings is 1. The van der Waals surface area contributed by atoms with Crippen LogP contribution in [0.3, 0.4) is 0 Å². The van der Waals surface area contributed by atoms with Gasteiger partial charge in [-0.3, -0.25) is 14.5 Å². The van der Waals surface area contributed by atoms with Gasteiger partial charge < -0.3 is 4.90 Å². The van der Waals surface area contributed by atoms with Gasteiger partial charge in [-0.05, 0) is 49.4 Å². The zero-order chi connectivity index (χ0) is 20.4. The molecule has 0 N–H and O–H groups in total. The van der Waals surface area contributed by atoms with Crippen LogP contribution in [0.2, 0.25) is 0 Å². The number of thioether (sulfide) groups is 1. The molecule has 152 valence electrons. The van der Waals surface area contributed by atoms with E-state index < -0.39 is 0 Å². The molecular weight excluding hydrogens is 380 g/mol. The van der Waals surface area contributed by atoms with Crippen molar-refractivity contribution >= 4 is 29.3 Å². The van der Waals surface area contributed by atoms with Gasteiger partial charge in [0.05, 0.1) is 16.5 Å². The van der Waals surface area contributed by atoms with Crippen molar-refractivity contribution in [3.8, 4) is 0 Å². The molecule has 2 aromatic rings. The van der Waals surface area contributed by atoms with E-state index in [0.29, 0.717) is 18.8 Å². The summed E-state index contributed by atoms with van der Waals surface area (Å²) in [6.07, 6.45) is 2.43. The molecule has 4 rings (SSSR count). The van der Waals surface area contributed by atoms with Gasteiger partial charge in [0.2, 0.25) is 11.8 Å². The fourth-order valence-corrected chi connectivity index (χ4v) is 5.93. The lowest BCUT2D eigenvalue weighted by Gasteiger charge is -2.44. The number of rotatable bonds is 4. The molecular formula is C24H28N2O2S. The van der Waals surface area contributed by atoms with Crippen LogP contribution in [0.5, 0.6) is 0 Å². The molecule has 2 saturated heterocycles. The fourth-order valence-electron chi connectivity index (χ4n) is 4.60. The SMILES string of the molecule is CC[C@H](C(=O)N1CCC2(CC1)SCC(=O)N2c1cccc(C)c1)c1ccccc1. The lowest BCUT2D eigenvalue weighted by molar-refractivity contribution is -0.134. The Labute approximate surface area is 177 Å². The number of anilines is 1. The van der Waals surface area contributed by atoms with Crippen LogP contribution in [0.4, 0.5) is 5.69 Å². The Kier molecular flexibility index (Phi) is 5.68. The predicted molar refractivity (Wildman–Crippen MR) is 119 cm³/mol. The van der Waals surface area contributed by atoms with E-state index in [-0.39, 0.29) is 22.6 Å². The second-order valence-corrected chi connectivity index (χ2v) is 9.34. The maximum atomic E-state index is 13.2. The summed E-state index contributed by atoms with van der Waals surface area (Å²) >= 11 is 1.75. The van der Waals surface area contributed by atoms with E-state index in [1.807, 2.05) is 52.3 Å². The van der Waals surface area contributed by atoms with Crippen LogP contribution in [-0.2, 0) is 9.59 Å². The van der Waals surface area contributed by atoms with Gasteiger partial charge in [-0.1, -0.05) is 49.4 Å². The zero-order valence-electron chi connectivity index (χ0n) is 17.1. The van der Waals surface area contributed by atoms with Crippen molar-refractivity contribution in [3.63, 3.8) is 0 Å². The lowest BCUT2D eigenvalue weighted by atomic mass is 9.93. The highest BCUT2D eigenvalue weighted by molar-refractivity contribution is 8.02. The molecule has 0 saturated carbocycles. The molecule has 2 aliphatic rings. The first-order valence-electron chi connectivity index (χ1n) is 10.4. The highest BCUT2D eigenvalue weighted by atomic mass is 32.2. The Morgan fingerprint density at radius 3 is 2.48 bits per heavy atom. The third-order valence-electron chi connectivity index (χ3n) is 6.15. The van der Waals surface area contributed by atoms with E-state index in [9.17, 15) is 9.59 Å². The third kappa shape index (κ3) is 3.80. The maximum absolute atomic E-state index is 13.2. The van der Waals surface area contributed by atoms with E-state index in [1.54, 1.807) is 11.8 Å².